The molecule has 0 aliphatic rings. The van der Waals surface area contributed by atoms with Crippen molar-refractivity contribution in [3.05, 3.63) is 108 Å². The Hall–Kier alpha value is -5.35. The highest BCUT2D eigenvalue weighted by atomic mass is 16.2. The first-order valence-corrected chi connectivity index (χ1v) is 15.7. The molecule has 0 saturated heterocycles. The van der Waals surface area contributed by atoms with Crippen molar-refractivity contribution >= 4 is 50.4 Å². The van der Waals surface area contributed by atoms with E-state index in [0.717, 1.165) is 49.5 Å². The molecule has 0 saturated carbocycles. The third-order valence-electron chi connectivity index (χ3n) is 8.24. The van der Waals surface area contributed by atoms with Gasteiger partial charge in [0.05, 0.1) is 19.3 Å². The molecule has 0 radical (unpaired) electrons. The van der Waals surface area contributed by atoms with Crippen LogP contribution in [0.5, 0.6) is 0 Å². The first-order valence-electron chi connectivity index (χ1n) is 15.7. The van der Waals surface area contributed by atoms with Crippen molar-refractivity contribution in [1.29, 1.82) is 0 Å². The molecule has 0 atom stereocenters. The highest BCUT2D eigenvalue weighted by Gasteiger charge is 2.13. The number of benzene rings is 3. The predicted octanol–water partition coefficient (Wildman–Crippen LogP) is 3.81. The Balaban J connectivity index is 0.987. The van der Waals surface area contributed by atoms with Crippen molar-refractivity contribution in [2.75, 3.05) is 39.3 Å². The van der Waals surface area contributed by atoms with Gasteiger partial charge in [-0.2, -0.15) is 0 Å². The van der Waals surface area contributed by atoms with Crippen molar-refractivity contribution in [3.8, 4) is 0 Å². The summed E-state index contributed by atoms with van der Waals surface area (Å²) < 4.78 is 0. The Morgan fingerprint density at radius 3 is 1.54 bits per heavy atom. The molecule has 46 heavy (non-hydrogen) atoms. The van der Waals surface area contributed by atoms with Crippen LogP contribution in [0.15, 0.2) is 91.3 Å². The van der Waals surface area contributed by atoms with E-state index in [4.69, 9.17) is 0 Å². The van der Waals surface area contributed by atoms with Crippen LogP contribution in [0.3, 0.4) is 0 Å². The molecule has 3 aromatic carbocycles. The number of H-pyrrole nitrogens is 3. The number of aromatic amines is 3. The van der Waals surface area contributed by atoms with Crippen LogP contribution in [0.4, 0.5) is 0 Å². The number of carbonyl (C=O) groups excluding carboxylic acids is 3. The number of rotatable bonds is 15. The van der Waals surface area contributed by atoms with E-state index >= 15 is 0 Å². The molecule has 10 heteroatoms. The summed E-state index contributed by atoms with van der Waals surface area (Å²) in [6.45, 7) is 3.09. The van der Waals surface area contributed by atoms with Crippen molar-refractivity contribution in [2.45, 2.75) is 19.3 Å². The average molecular weight is 618 g/mol. The lowest BCUT2D eigenvalue weighted by atomic mass is 10.1. The van der Waals surface area contributed by atoms with Crippen molar-refractivity contribution in [1.82, 2.24) is 35.8 Å². The minimum atomic E-state index is -0.0643. The molecule has 6 rings (SSSR count). The van der Waals surface area contributed by atoms with E-state index in [1.165, 1.54) is 0 Å². The molecule has 3 heterocycles. The molecule has 0 fully saturated rings. The molecule has 3 amide bonds. The number of nitrogens with one attached hydrogen (secondary N) is 6. The average Bonchev–Trinajstić information content (AvgIpc) is 3.78. The highest BCUT2D eigenvalue weighted by molar-refractivity contribution is 5.90. The summed E-state index contributed by atoms with van der Waals surface area (Å²) >= 11 is 0. The van der Waals surface area contributed by atoms with E-state index in [-0.39, 0.29) is 37.0 Å². The van der Waals surface area contributed by atoms with Crippen LogP contribution < -0.4 is 16.0 Å². The molecule has 3 aromatic heterocycles. The number of hydrogen-bond acceptors (Lipinski definition) is 4. The number of nitrogens with zero attached hydrogens (tertiary/aromatic N) is 1. The third kappa shape index (κ3) is 7.83. The molecular formula is C36H39N7O3. The lowest BCUT2D eigenvalue weighted by molar-refractivity contribution is -0.121. The summed E-state index contributed by atoms with van der Waals surface area (Å²) in [6, 6.07) is 25.8. The summed E-state index contributed by atoms with van der Waals surface area (Å²) in [5.41, 5.74) is 5.81. The number of amides is 3. The van der Waals surface area contributed by atoms with Crippen LogP contribution in [0.25, 0.3) is 32.7 Å². The minimum absolute atomic E-state index is 0.0524. The third-order valence-corrected chi connectivity index (χ3v) is 8.24. The minimum Gasteiger partial charge on any atom is -0.361 e. The second-order valence-electron chi connectivity index (χ2n) is 11.5. The summed E-state index contributed by atoms with van der Waals surface area (Å²) in [5.74, 6) is -0.169. The van der Waals surface area contributed by atoms with Gasteiger partial charge >= 0.3 is 0 Å². The molecule has 236 valence electrons. The molecule has 0 aliphatic carbocycles. The van der Waals surface area contributed by atoms with Crippen molar-refractivity contribution in [3.63, 3.8) is 0 Å². The quantitative estimate of drug-likeness (QED) is 0.104. The number of aromatic nitrogens is 3. The molecule has 6 N–H and O–H groups in total. The first-order chi connectivity index (χ1) is 22.5. The monoisotopic (exact) mass is 617 g/mol. The molecule has 0 bridgehead atoms. The van der Waals surface area contributed by atoms with Gasteiger partial charge in [-0.25, -0.2) is 0 Å². The standard InChI is InChI=1S/C36H39N7O3/c44-34(20-26-23-40-32-11-5-2-8-29(26)32)37-13-16-43(17-14-38-35(45)21-27-24-41-33-12-6-3-9-30(27)33)18-15-39-36(46)22-28-19-25-7-1-4-10-31(25)42-28/h1-12,19,23-24,40-42H,13-18,20-22H2,(H,37,44)(H,38,45)(H,39,46). The Bertz CT molecular complexity index is 1830. The van der Waals surface area contributed by atoms with Crippen LogP contribution >= 0.6 is 0 Å². The van der Waals surface area contributed by atoms with Gasteiger partial charge in [0.1, 0.15) is 0 Å². The van der Waals surface area contributed by atoms with Gasteiger partial charge in [0.2, 0.25) is 17.7 Å². The van der Waals surface area contributed by atoms with Crippen molar-refractivity contribution < 1.29 is 14.4 Å². The van der Waals surface area contributed by atoms with Crippen LogP contribution in [0.2, 0.25) is 0 Å². The van der Waals surface area contributed by atoms with E-state index in [9.17, 15) is 14.4 Å². The molecule has 10 nitrogen and oxygen atoms in total. The predicted molar refractivity (Wildman–Crippen MR) is 181 cm³/mol. The van der Waals surface area contributed by atoms with Crippen molar-refractivity contribution in [2.24, 2.45) is 0 Å². The number of carbonyl (C=O) groups is 3. The van der Waals surface area contributed by atoms with Gasteiger partial charge in [0, 0.05) is 84.7 Å². The van der Waals surface area contributed by atoms with Gasteiger partial charge in [0.15, 0.2) is 0 Å². The topological polar surface area (TPSA) is 138 Å². The normalized spacial score (nSPS) is 11.4. The number of hydrogen-bond donors (Lipinski definition) is 6. The van der Waals surface area contributed by atoms with Gasteiger partial charge in [-0.3, -0.25) is 19.3 Å². The zero-order chi connectivity index (χ0) is 31.7. The van der Waals surface area contributed by atoms with Gasteiger partial charge in [-0.05, 0) is 40.8 Å². The van der Waals surface area contributed by atoms with E-state index < -0.39 is 0 Å². The highest BCUT2D eigenvalue weighted by Crippen LogP contribution is 2.19. The van der Waals surface area contributed by atoms with Gasteiger partial charge in [-0.15, -0.1) is 0 Å². The van der Waals surface area contributed by atoms with E-state index in [1.807, 2.05) is 91.3 Å². The lowest BCUT2D eigenvalue weighted by Crippen LogP contribution is -2.43. The molecule has 0 aliphatic heterocycles. The van der Waals surface area contributed by atoms with Gasteiger partial charge in [0.25, 0.3) is 0 Å². The second-order valence-corrected chi connectivity index (χ2v) is 11.5. The summed E-state index contributed by atoms with van der Waals surface area (Å²) in [5, 5.41) is 12.2. The first kappa shape index (κ1) is 30.7. The molecule has 6 aromatic rings. The Labute approximate surface area is 266 Å². The number of para-hydroxylation sites is 3. The smallest absolute Gasteiger partial charge is 0.225 e. The largest absolute Gasteiger partial charge is 0.361 e. The lowest BCUT2D eigenvalue weighted by Gasteiger charge is -2.23. The fourth-order valence-corrected chi connectivity index (χ4v) is 5.89. The molecule has 0 unspecified atom stereocenters. The zero-order valence-electron chi connectivity index (χ0n) is 25.7. The summed E-state index contributed by atoms with van der Waals surface area (Å²) in [6.07, 6.45) is 4.61. The molecule has 0 spiro atoms. The van der Waals surface area contributed by atoms with E-state index in [2.05, 4.69) is 35.8 Å². The molecular weight excluding hydrogens is 578 g/mol. The van der Waals surface area contributed by atoms with Crippen LogP contribution in [-0.2, 0) is 33.6 Å². The summed E-state index contributed by atoms with van der Waals surface area (Å²) in [4.78, 5) is 50.1. The Morgan fingerprint density at radius 2 is 1.02 bits per heavy atom. The van der Waals surface area contributed by atoms with Gasteiger partial charge in [-0.1, -0.05) is 54.6 Å². The van der Waals surface area contributed by atoms with Crippen LogP contribution in [-0.4, -0.2) is 76.8 Å². The second kappa shape index (κ2) is 14.6. The van der Waals surface area contributed by atoms with Crippen LogP contribution in [0, 0.1) is 0 Å². The summed E-state index contributed by atoms with van der Waals surface area (Å²) in [7, 11) is 0. The fourth-order valence-electron chi connectivity index (χ4n) is 5.89. The Morgan fingerprint density at radius 1 is 0.565 bits per heavy atom. The maximum atomic E-state index is 12.8. The SMILES string of the molecule is O=C(Cc1cc2ccccc2[nH]1)NCCN(CCNC(=O)Cc1c[nH]c2ccccc12)CCNC(=O)Cc1c[nH]c2ccccc12. The van der Waals surface area contributed by atoms with E-state index in [0.29, 0.717) is 39.3 Å². The Kier molecular flexibility index (Phi) is 9.75. The van der Waals surface area contributed by atoms with Crippen LogP contribution in [0.1, 0.15) is 16.8 Å². The maximum absolute atomic E-state index is 12.8. The maximum Gasteiger partial charge on any atom is 0.225 e. The zero-order valence-corrected chi connectivity index (χ0v) is 25.7. The number of fused-ring (bicyclic) bond motifs is 3. The van der Waals surface area contributed by atoms with Gasteiger partial charge < -0.3 is 30.9 Å². The van der Waals surface area contributed by atoms with E-state index in [1.54, 1.807) is 0 Å². The fraction of sp³-hybridized carbons (Fsp3) is 0.250.